The molecule has 5 heteroatoms. The Morgan fingerprint density at radius 1 is 1.41 bits per heavy atom. The number of anilines is 2. The number of ether oxygens (including phenoxy) is 1. The maximum atomic E-state index is 6.07. The molecule has 2 rings (SSSR count). The van der Waals surface area contributed by atoms with Crippen LogP contribution in [0.5, 0.6) is 0 Å². The van der Waals surface area contributed by atoms with Gasteiger partial charge in [-0.2, -0.15) is 0 Å². The molecule has 0 aliphatic rings. The summed E-state index contributed by atoms with van der Waals surface area (Å²) < 4.78 is 7.02. The zero-order valence-corrected chi connectivity index (χ0v) is 10.3. The van der Waals surface area contributed by atoms with Gasteiger partial charge in [-0.25, -0.2) is 4.98 Å². The van der Waals surface area contributed by atoms with E-state index in [9.17, 15) is 0 Å². The first-order chi connectivity index (χ1) is 8.31. The quantitative estimate of drug-likeness (QED) is 0.888. The molecule has 0 radical (unpaired) electrons. The lowest BCUT2D eigenvalue weighted by molar-refractivity contribution is 0.188. The lowest BCUT2D eigenvalue weighted by Crippen LogP contribution is -2.07. The highest BCUT2D eigenvalue weighted by atomic mass is 35.5. The standard InChI is InChI=1S/C12H14ClN3O/c1-17-9-8-16-7-6-14-12(16)15-11-5-3-2-4-10(11)13/h2-7H,8-9H2,1H3,(H,14,15). The molecule has 0 saturated heterocycles. The summed E-state index contributed by atoms with van der Waals surface area (Å²) in [6, 6.07) is 7.57. The van der Waals surface area contributed by atoms with Crippen LogP contribution in [-0.2, 0) is 11.3 Å². The van der Waals surface area contributed by atoms with E-state index >= 15 is 0 Å². The van der Waals surface area contributed by atoms with Crippen molar-refractivity contribution in [2.24, 2.45) is 0 Å². The first-order valence-electron chi connectivity index (χ1n) is 5.33. The average molecular weight is 252 g/mol. The van der Waals surface area contributed by atoms with Gasteiger partial charge in [-0.05, 0) is 12.1 Å². The number of nitrogens with one attached hydrogen (secondary N) is 1. The van der Waals surface area contributed by atoms with Crippen molar-refractivity contribution in [3.63, 3.8) is 0 Å². The fourth-order valence-electron chi connectivity index (χ4n) is 1.49. The molecule has 17 heavy (non-hydrogen) atoms. The van der Waals surface area contributed by atoms with Crippen LogP contribution in [0, 0.1) is 0 Å². The molecule has 90 valence electrons. The molecule has 1 N–H and O–H groups in total. The molecule has 0 aliphatic heterocycles. The number of benzene rings is 1. The van der Waals surface area contributed by atoms with Crippen LogP contribution in [0.15, 0.2) is 36.7 Å². The van der Waals surface area contributed by atoms with E-state index in [2.05, 4.69) is 10.3 Å². The third kappa shape index (κ3) is 2.99. The molecule has 0 saturated carbocycles. The SMILES string of the molecule is COCCn1ccnc1Nc1ccccc1Cl. The van der Waals surface area contributed by atoms with Gasteiger partial charge in [0.25, 0.3) is 0 Å². The van der Waals surface area contributed by atoms with Gasteiger partial charge in [-0.3, -0.25) is 0 Å². The van der Waals surface area contributed by atoms with Gasteiger partial charge in [0.15, 0.2) is 0 Å². The lowest BCUT2D eigenvalue weighted by atomic mass is 10.3. The summed E-state index contributed by atoms with van der Waals surface area (Å²) in [6.07, 6.45) is 3.65. The Hall–Kier alpha value is -1.52. The van der Waals surface area contributed by atoms with E-state index in [4.69, 9.17) is 16.3 Å². The minimum absolute atomic E-state index is 0.646. The van der Waals surface area contributed by atoms with Gasteiger partial charge in [-0.1, -0.05) is 23.7 Å². The monoisotopic (exact) mass is 251 g/mol. The second kappa shape index (κ2) is 5.70. The van der Waals surface area contributed by atoms with E-state index in [1.165, 1.54) is 0 Å². The number of nitrogens with zero attached hydrogens (tertiary/aromatic N) is 2. The Morgan fingerprint density at radius 3 is 3.00 bits per heavy atom. The molecular formula is C12H14ClN3O. The molecule has 0 spiro atoms. The number of hydrogen-bond acceptors (Lipinski definition) is 3. The minimum Gasteiger partial charge on any atom is -0.383 e. The normalized spacial score (nSPS) is 10.5. The highest BCUT2D eigenvalue weighted by molar-refractivity contribution is 6.33. The van der Waals surface area contributed by atoms with Crippen LogP contribution in [-0.4, -0.2) is 23.3 Å². The Kier molecular flexibility index (Phi) is 4.01. The maximum absolute atomic E-state index is 6.07. The number of rotatable bonds is 5. The minimum atomic E-state index is 0.646. The van der Waals surface area contributed by atoms with Crippen LogP contribution in [0.2, 0.25) is 5.02 Å². The Bertz CT molecular complexity index is 484. The molecule has 1 aromatic carbocycles. The van der Waals surface area contributed by atoms with Gasteiger partial charge in [0, 0.05) is 26.0 Å². The summed E-state index contributed by atoms with van der Waals surface area (Å²) in [5, 5.41) is 3.87. The predicted molar refractivity (Wildman–Crippen MR) is 68.8 cm³/mol. The first kappa shape index (κ1) is 12.0. The van der Waals surface area contributed by atoms with E-state index < -0.39 is 0 Å². The second-order valence-electron chi connectivity index (χ2n) is 3.54. The van der Waals surface area contributed by atoms with Gasteiger partial charge in [0.05, 0.1) is 17.3 Å². The van der Waals surface area contributed by atoms with Crippen LogP contribution in [0.4, 0.5) is 11.6 Å². The van der Waals surface area contributed by atoms with Crippen molar-refractivity contribution in [2.45, 2.75) is 6.54 Å². The molecule has 0 amide bonds. The number of methoxy groups -OCH3 is 1. The highest BCUT2D eigenvalue weighted by Crippen LogP contribution is 2.23. The zero-order valence-electron chi connectivity index (χ0n) is 9.56. The number of para-hydroxylation sites is 1. The summed E-state index contributed by atoms with van der Waals surface area (Å²) >= 11 is 6.07. The molecular weight excluding hydrogens is 238 g/mol. The van der Waals surface area contributed by atoms with Crippen molar-refractivity contribution in [3.8, 4) is 0 Å². The summed E-state index contributed by atoms with van der Waals surface area (Å²) in [6.45, 7) is 1.40. The number of halogens is 1. The van der Waals surface area contributed by atoms with Crippen molar-refractivity contribution in [1.82, 2.24) is 9.55 Å². The van der Waals surface area contributed by atoms with Gasteiger partial charge < -0.3 is 14.6 Å². The largest absolute Gasteiger partial charge is 0.383 e. The number of aromatic nitrogens is 2. The molecule has 4 nitrogen and oxygen atoms in total. The Balaban J connectivity index is 2.13. The molecule has 0 aliphatic carbocycles. The topological polar surface area (TPSA) is 39.1 Å². The smallest absolute Gasteiger partial charge is 0.207 e. The van der Waals surface area contributed by atoms with Crippen LogP contribution in [0.1, 0.15) is 0 Å². The van der Waals surface area contributed by atoms with Gasteiger partial charge in [-0.15, -0.1) is 0 Å². The van der Waals surface area contributed by atoms with Crippen molar-refractivity contribution in [2.75, 3.05) is 19.0 Å². The van der Waals surface area contributed by atoms with Crippen LogP contribution in [0.3, 0.4) is 0 Å². The lowest BCUT2D eigenvalue weighted by Gasteiger charge is -2.10. The van der Waals surface area contributed by atoms with Crippen LogP contribution in [0.25, 0.3) is 0 Å². The summed E-state index contributed by atoms with van der Waals surface area (Å²) in [5.41, 5.74) is 0.846. The van der Waals surface area contributed by atoms with Crippen LogP contribution >= 0.6 is 11.6 Å². The Labute approximate surface area is 105 Å². The first-order valence-corrected chi connectivity index (χ1v) is 5.70. The third-order valence-electron chi connectivity index (χ3n) is 2.37. The van der Waals surface area contributed by atoms with Gasteiger partial charge in [0.2, 0.25) is 5.95 Å². The fraction of sp³-hybridized carbons (Fsp3) is 0.250. The van der Waals surface area contributed by atoms with Crippen molar-refractivity contribution >= 4 is 23.2 Å². The van der Waals surface area contributed by atoms with Crippen molar-refractivity contribution < 1.29 is 4.74 Å². The third-order valence-corrected chi connectivity index (χ3v) is 2.70. The fourth-order valence-corrected chi connectivity index (χ4v) is 1.67. The van der Waals surface area contributed by atoms with E-state index in [1.807, 2.05) is 35.0 Å². The van der Waals surface area contributed by atoms with E-state index in [-0.39, 0.29) is 0 Å². The molecule has 1 heterocycles. The summed E-state index contributed by atoms with van der Waals surface area (Å²) in [4.78, 5) is 4.24. The summed E-state index contributed by atoms with van der Waals surface area (Å²) in [5.74, 6) is 0.759. The average Bonchev–Trinajstić information content (AvgIpc) is 2.77. The molecule has 0 unspecified atom stereocenters. The molecule has 1 aromatic heterocycles. The summed E-state index contributed by atoms with van der Waals surface area (Å²) in [7, 11) is 1.68. The maximum Gasteiger partial charge on any atom is 0.207 e. The predicted octanol–water partition coefficient (Wildman–Crippen LogP) is 2.93. The number of hydrogen-bond donors (Lipinski definition) is 1. The van der Waals surface area contributed by atoms with Gasteiger partial charge in [0.1, 0.15) is 0 Å². The second-order valence-corrected chi connectivity index (χ2v) is 3.95. The molecule has 0 bridgehead atoms. The van der Waals surface area contributed by atoms with E-state index in [0.29, 0.717) is 11.6 Å². The van der Waals surface area contributed by atoms with Crippen LogP contribution < -0.4 is 5.32 Å². The number of imidazole rings is 1. The Morgan fingerprint density at radius 2 is 2.24 bits per heavy atom. The molecule has 0 atom stereocenters. The molecule has 2 aromatic rings. The zero-order chi connectivity index (χ0) is 12.1. The van der Waals surface area contributed by atoms with E-state index in [1.54, 1.807) is 13.3 Å². The highest BCUT2D eigenvalue weighted by Gasteiger charge is 2.04. The molecule has 0 fully saturated rings. The van der Waals surface area contributed by atoms with Crippen molar-refractivity contribution in [1.29, 1.82) is 0 Å². The van der Waals surface area contributed by atoms with Crippen molar-refractivity contribution in [3.05, 3.63) is 41.7 Å². The van der Waals surface area contributed by atoms with E-state index in [0.717, 1.165) is 18.2 Å². The van der Waals surface area contributed by atoms with Gasteiger partial charge >= 0.3 is 0 Å².